The number of carbonyl (C=O) groups excluding carboxylic acids is 1. The van der Waals surface area contributed by atoms with Crippen LogP contribution >= 0.6 is 0 Å². The first kappa shape index (κ1) is 16.2. The average Bonchev–Trinajstić information content (AvgIpc) is 2.90. The monoisotopic (exact) mass is 320 g/mol. The molecule has 1 heterocycles. The van der Waals surface area contributed by atoms with Crippen molar-refractivity contribution >= 4 is 6.03 Å². The summed E-state index contributed by atoms with van der Waals surface area (Å²) in [7, 11) is 0. The van der Waals surface area contributed by atoms with Crippen LogP contribution in [0.25, 0.3) is 0 Å². The summed E-state index contributed by atoms with van der Waals surface area (Å²) in [6, 6.07) is 6.64. The number of hydrogen-bond acceptors (Lipinski definition) is 2. The molecule has 2 N–H and O–H groups in total. The molecule has 1 saturated carbocycles. The molecular formula is C18H25FN2O2. The molecule has 23 heavy (non-hydrogen) atoms. The van der Waals surface area contributed by atoms with Gasteiger partial charge in [0.2, 0.25) is 0 Å². The van der Waals surface area contributed by atoms with Crippen molar-refractivity contribution in [2.75, 3.05) is 19.8 Å². The van der Waals surface area contributed by atoms with E-state index >= 15 is 0 Å². The first-order valence-electron chi connectivity index (χ1n) is 8.55. The summed E-state index contributed by atoms with van der Waals surface area (Å²) in [5.74, 6) is -0.237. The van der Waals surface area contributed by atoms with E-state index in [4.69, 9.17) is 4.74 Å². The minimum atomic E-state index is -0.237. The molecule has 2 fully saturated rings. The van der Waals surface area contributed by atoms with Crippen molar-refractivity contribution in [3.05, 3.63) is 35.6 Å². The summed E-state index contributed by atoms with van der Waals surface area (Å²) in [6.45, 7) is 2.12. The lowest BCUT2D eigenvalue weighted by molar-refractivity contribution is 0.00625. The molecule has 1 aliphatic heterocycles. The zero-order valence-electron chi connectivity index (χ0n) is 13.4. The third-order valence-corrected chi connectivity index (χ3v) is 5.29. The Bertz CT molecular complexity index is 544. The van der Waals surface area contributed by atoms with Crippen molar-refractivity contribution in [2.45, 2.75) is 44.6 Å². The Morgan fingerprint density at radius 2 is 2.13 bits per heavy atom. The van der Waals surface area contributed by atoms with Gasteiger partial charge in [-0.1, -0.05) is 18.6 Å². The van der Waals surface area contributed by atoms with Crippen molar-refractivity contribution in [1.82, 2.24) is 10.6 Å². The van der Waals surface area contributed by atoms with Crippen molar-refractivity contribution in [2.24, 2.45) is 5.41 Å². The lowest BCUT2D eigenvalue weighted by Crippen LogP contribution is -2.50. The largest absolute Gasteiger partial charge is 0.381 e. The number of amides is 2. The Morgan fingerprint density at radius 1 is 1.30 bits per heavy atom. The van der Waals surface area contributed by atoms with Gasteiger partial charge in [0.15, 0.2) is 0 Å². The summed E-state index contributed by atoms with van der Waals surface area (Å²) in [6.07, 6.45) is 6.13. The molecular weight excluding hydrogens is 295 g/mol. The van der Waals surface area contributed by atoms with Crippen LogP contribution in [0.3, 0.4) is 0 Å². The standard InChI is InChI=1S/C18H25FN2O2/c19-15-4-1-3-14(13-15)6-10-20-17(22)21-16-5-2-7-18(16)8-11-23-12-9-18/h1,3-4,13,16H,2,5-12H2,(H2,20,21,22)/t16-/m1/s1. The van der Waals surface area contributed by atoms with Gasteiger partial charge >= 0.3 is 6.03 Å². The van der Waals surface area contributed by atoms with Crippen molar-refractivity contribution in [3.8, 4) is 0 Å². The van der Waals surface area contributed by atoms with Crippen LogP contribution in [0, 0.1) is 11.2 Å². The van der Waals surface area contributed by atoms with E-state index < -0.39 is 0 Å². The molecule has 126 valence electrons. The van der Waals surface area contributed by atoms with Crippen LogP contribution in [0.2, 0.25) is 0 Å². The molecule has 0 bridgehead atoms. The molecule has 1 atom stereocenters. The zero-order chi connectivity index (χ0) is 16.1. The minimum absolute atomic E-state index is 0.112. The number of nitrogens with one attached hydrogen (secondary N) is 2. The van der Waals surface area contributed by atoms with Gasteiger partial charge in [0.25, 0.3) is 0 Å². The Balaban J connectivity index is 1.45. The van der Waals surface area contributed by atoms with Gasteiger partial charge in [-0.05, 0) is 55.2 Å². The third kappa shape index (κ3) is 4.02. The van der Waals surface area contributed by atoms with Gasteiger partial charge in [-0.15, -0.1) is 0 Å². The summed E-state index contributed by atoms with van der Waals surface area (Å²) in [4.78, 5) is 12.2. The molecule has 4 nitrogen and oxygen atoms in total. The SMILES string of the molecule is O=C(NCCc1cccc(F)c1)N[C@@H]1CCCC12CCOCC2. The third-order valence-electron chi connectivity index (χ3n) is 5.29. The van der Waals surface area contributed by atoms with Crippen LogP contribution in [0.4, 0.5) is 9.18 Å². The second-order valence-electron chi connectivity index (χ2n) is 6.70. The van der Waals surface area contributed by atoms with E-state index in [-0.39, 0.29) is 23.3 Å². The molecule has 0 radical (unpaired) electrons. The maximum absolute atomic E-state index is 13.1. The van der Waals surface area contributed by atoms with Gasteiger partial charge in [0, 0.05) is 25.8 Å². The number of rotatable bonds is 4. The molecule has 1 saturated heterocycles. The predicted molar refractivity (Wildman–Crippen MR) is 86.8 cm³/mol. The van der Waals surface area contributed by atoms with Gasteiger partial charge in [-0.2, -0.15) is 0 Å². The van der Waals surface area contributed by atoms with Gasteiger partial charge in [-0.3, -0.25) is 0 Å². The number of urea groups is 1. The highest BCUT2D eigenvalue weighted by Crippen LogP contribution is 2.45. The van der Waals surface area contributed by atoms with Gasteiger partial charge in [0.05, 0.1) is 0 Å². The van der Waals surface area contributed by atoms with Crippen molar-refractivity contribution in [3.63, 3.8) is 0 Å². The molecule has 3 rings (SSSR count). The molecule has 2 amide bonds. The van der Waals surface area contributed by atoms with Crippen LogP contribution in [-0.4, -0.2) is 31.8 Å². The summed E-state index contributed by atoms with van der Waals surface area (Å²) < 4.78 is 18.6. The van der Waals surface area contributed by atoms with Gasteiger partial charge in [0.1, 0.15) is 5.82 Å². The van der Waals surface area contributed by atoms with Gasteiger partial charge < -0.3 is 15.4 Å². The van der Waals surface area contributed by atoms with Crippen molar-refractivity contribution in [1.29, 1.82) is 0 Å². The molecule has 1 aliphatic carbocycles. The van der Waals surface area contributed by atoms with Crippen LogP contribution in [-0.2, 0) is 11.2 Å². The molecule has 0 unspecified atom stereocenters. The van der Waals surface area contributed by atoms with E-state index in [1.54, 1.807) is 6.07 Å². The molecule has 1 aromatic rings. The number of ether oxygens (including phenoxy) is 1. The zero-order valence-corrected chi connectivity index (χ0v) is 13.4. The molecule has 1 spiro atoms. The second-order valence-corrected chi connectivity index (χ2v) is 6.70. The molecule has 1 aromatic carbocycles. The fourth-order valence-electron chi connectivity index (χ4n) is 3.96. The predicted octanol–water partition coefficient (Wildman–Crippen LogP) is 3.02. The first-order valence-corrected chi connectivity index (χ1v) is 8.55. The number of benzene rings is 1. The quantitative estimate of drug-likeness (QED) is 0.896. The normalized spacial score (nSPS) is 22.9. The van der Waals surface area contributed by atoms with Crippen LogP contribution < -0.4 is 10.6 Å². The van der Waals surface area contributed by atoms with E-state index in [1.807, 2.05) is 6.07 Å². The fraction of sp³-hybridized carbons (Fsp3) is 0.611. The highest BCUT2D eigenvalue weighted by Gasteiger charge is 2.44. The highest BCUT2D eigenvalue weighted by atomic mass is 19.1. The average molecular weight is 320 g/mol. The Morgan fingerprint density at radius 3 is 2.91 bits per heavy atom. The highest BCUT2D eigenvalue weighted by molar-refractivity contribution is 5.74. The fourth-order valence-corrected chi connectivity index (χ4v) is 3.96. The molecule has 5 heteroatoms. The number of halogens is 1. The van der Waals surface area contributed by atoms with Crippen LogP contribution in [0.1, 0.15) is 37.7 Å². The van der Waals surface area contributed by atoms with E-state index in [9.17, 15) is 9.18 Å². The second kappa shape index (κ2) is 7.30. The lowest BCUT2D eigenvalue weighted by atomic mass is 9.75. The smallest absolute Gasteiger partial charge is 0.315 e. The van der Waals surface area contributed by atoms with E-state index in [1.165, 1.54) is 25.0 Å². The lowest BCUT2D eigenvalue weighted by Gasteiger charge is -2.39. The Labute approximate surface area is 136 Å². The van der Waals surface area contributed by atoms with E-state index in [0.29, 0.717) is 13.0 Å². The number of carbonyl (C=O) groups is 1. The summed E-state index contributed by atoms with van der Waals surface area (Å²) in [5, 5.41) is 6.05. The molecule has 2 aliphatic rings. The first-order chi connectivity index (χ1) is 11.2. The summed E-state index contributed by atoms with van der Waals surface area (Å²) >= 11 is 0. The Kier molecular flexibility index (Phi) is 5.16. The topological polar surface area (TPSA) is 50.4 Å². The summed E-state index contributed by atoms with van der Waals surface area (Å²) in [5.41, 5.74) is 1.13. The van der Waals surface area contributed by atoms with Gasteiger partial charge in [-0.25, -0.2) is 9.18 Å². The minimum Gasteiger partial charge on any atom is -0.381 e. The van der Waals surface area contributed by atoms with E-state index in [0.717, 1.165) is 38.0 Å². The number of hydrogen-bond donors (Lipinski definition) is 2. The maximum Gasteiger partial charge on any atom is 0.315 e. The van der Waals surface area contributed by atoms with Crippen LogP contribution in [0.15, 0.2) is 24.3 Å². The maximum atomic E-state index is 13.1. The van der Waals surface area contributed by atoms with Crippen molar-refractivity contribution < 1.29 is 13.9 Å². The molecule has 0 aromatic heterocycles. The van der Waals surface area contributed by atoms with Crippen LogP contribution in [0.5, 0.6) is 0 Å². The Hall–Kier alpha value is -1.62. The van der Waals surface area contributed by atoms with E-state index in [2.05, 4.69) is 10.6 Å².